The van der Waals surface area contributed by atoms with E-state index in [0.717, 1.165) is 0 Å². The first-order chi connectivity index (χ1) is 9.77. The molecule has 1 saturated heterocycles. The van der Waals surface area contributed by atoms with Crippen molar-refractivity contribution >= 4 is 27.4 Å². The average molecular weight is 311 g/mol. The minimum atomic E-state index is -2.98. The van der Waals surface area contributed by atoms with Crippen LogP contribution in [0.1, 0.15) is 28.8 Å². The first-order valence-corrected chi connectivity index (χ1v) is 8.43. The minimum absolute atomic E-state index is 0.0669. The highest BCUT2D eigenvalue weighted by molar-refractivity contribution is 7.91. The zero-order valence-electron chi connectivity index (χ0n) is 11.6. The van der Waals surface area contributed by atoms with Gasteiger partial charge in [-0.15, -0.1) is 0 Å². The summed E-state index contributed by atoms with van der Waals surface area (Å²) in [4.78, 5) is 22.8. The van der Waals surface area contributed by atoms with E-state index < -0.39 is 15.8 Å². The van der Waals surface area contributed by atoms with Crippen LogP contribution < -0.4 is 5.32 Å². The number of carbonyl (C=O) groups excluding carboxylic acids is 1. The summed E-state index contributed by atoms with van der Waals surface area (Å²) in [5.41, 5.74) is 1.27. The maximum absolute atomic E-state index is 11.9. The standard InChI is InChI=1S/C14H17NO5S/c1-9-6-11(2-3-12(9)14(17)18)15-13(16)7-10-4-5-21(19,20)8-10/h2-3,6,10H,4-5,7-8H2,1H3,(H,15,16)(H,17,18). The highest BCUT2D eigenvalue weighted by Gasteiger charge is 2.29. The van der Waals surface area contributed by atoms with Gasteiger partial charge >= 0.3 is 5.97 Å². The molecule has 0 aliphatic carbocycles. The number of hydrogen-bond donors (Lipinski definition) is 2. The molecule has 7 heteroatoms. The zero-order chi connectivity index (χ0) is 15.6. The van der Waals surface area contributed by atoms with E-state index in [1.807, 2.05) is 0 Å². The van der Waals surface area contributed by atoms with E-state index >= 15 is 0 Å². The monoisotopic (exact) mass is 311 g/mol. The lowest BCUT2D eigenvalue weighted by Crippen LogP contribution is -2.17. The van der Waals surface area contributed by atoms with Gasteiger partial charge in [-0.1, -0.05) is 0 Å². The molecule has 1 unspecified atom stereocenters. The van der Waals surface area contributed by atoms with Gasteiger partial charge in [-0.3, -0.25) is 4.79 Å². The van der Waals surface area contributed by atoms with Gasteiger partial charge in [0, 0.05) is 12.1 Å². The van der Waals surface area contributed by atoms with Crippen molar-refractivity contribution in [2.45, 2.75) is 19.8 Å². The summed E-state index contributed by atoms with van der Waals surface area (Å²) in [5.74, 6) is -1.18. The topological polar surface area (TPSA) is 101 Å². The smallest absolute Gasteiger partial charge is 0.335 e. The third-order valence-electron chi connectivity index (χ3n) is 3.54. The molecule has 114 valence electrons. The summed E-state index contributed by atoms with van der Waals surface area (Å²) in [5, 5.41) is 11.6. The zero-order valence-corrected chi connectivity index (χ0v) is 12.4. The number of amides is 1. The van der Waals surface area contributed by atoms with Gasteiger partial charge in [-0.25, -0.2) is 13.2 Å². The fraction of sp³-hybridized carbons (Fsp3) is 0.429. The molecule has 6 nitrogen and oxygen atoms in total. The van der Waals surface area contributed by atoms with E-state index in [-0.39, 0.29) is 35.3 Å². The molecule has 2 rings (SSSR count). The summed E-state index contributed by atoms with van der Waals surface area (Å²) >= 11 is 0. The number of aromatic carboxylic acids is 1. The van der Waals surface area contributed by atoms with E-state index in [2.05, 4.69) is 5.32 Å². The largest absolute Gasteiger partial charge is 0.478 e. The van der Waals surface area contributed by atoms with E-state index in [1.54, 1.807) is 13.0 Å². The summed E-state index contributed by atoms with van der Waals surface area (Å²) in [6.07, 6.45) is 0.686. The van der Waals surface area contributed by atoms with Crippen LogP contribution >= 0.6 is 0 Å². The third-order valence-corrected chi connectivity index (χ3v) is 5.38. The van der Waals surface area contributed by atoms with E-state index in [4.69, 9.17) is 5.11 Å². The van der Waals surface area contributed by atoms with Crippen LogP contribution in [0.15, 0.2) is 18.2 Å². The van der Waals surface area contributed by atoms with Crippen LogP contribution in [0.5, 0.6) is 0 Å². The van der Waals surface area contributed by atoms with Crippen LogP contribution in [0.4, 0.5) is 5.69 Å². The first kappa shape index (κ1) is 15.5. The predicted octanol–water partition coefficient (Wildman–Crippen LogP) is 1.46. The van der Waals surface area contributed by atoms with E-state index in [0.29, 0.717) is 17.7 Å². The average Bonchev–Trinajstić information content (AvgIpc) is 2.67. The van der Waals surface area contributed by atoms with Gasteiger partial charge in [0.05, 0.1) is 17.1 Å². The molecule has 1 fully saturated rings. The van der Waals surface area contributed by atoms with Gasteiger partial charge in [0.2, 0.25) is 5.91 Å². The van der Waals surface area contributed by atoms with Gasteiger partial charge < -0.3 is 10.4 Å². The van der Waals surface area contributed by atoms with Crippen molar-refractivity contribution < 1.29 is 23.1 Å². The molecule has 0 spiro atoms. The van der Waals surface area contributed by atoms with E-state index in [1.165, 1.54) is 12.1 Å². The predicted molar refractivity (Wildman–Crippen MR) is 78.1 cm³/mol. The number of anilines is 1. The molecule has 1 amide bonds. The van der Waals surface area contributed by atoms with Crippen LogP contribution in [-0.4, -0.2) is 36.9 Å². The van der Waals surface area contributed by atoms with Crippen LogP contribution in [0.2, 0.25) is 0 Å². The van der Waals surface area contributed by atoms with Crippen LogP contribution in [0.25, 0.3) is 0 Å². The molecule has 1 aromatic rings. The highest BCUT2D eigenvalue weighted by atomic mass is 32.2. The minimum Gasteiger partial charge on any atom is -0.478 e. The maximum Gasteiger partial charge on any atom is 0.335 e. The van der Waals surface area contributed by atoms with Gasteiger partial charge in [0.1, 0.15) is 0 Å². The number of benzene rings is 1. The Morgan fingerprint density at radius 2 is 2.10 bits per heavy atom. The summed E-state index contributed by atoms with van der Waals surface area (Å²) in [7, 11) is -2.98. The van der Waals surface area contributed by atoms with Crippen LogP contribution in [0.3, 0.4) is 0 Å². The van der Waals surface area contributed by atoms with Gasteiger partial charge in [0.25, 0.3) is 0 Å². The van der Waals surface area contributed by atoms with Crippen molar-refractivity contribution in [3.63, 3.8) is 0 Å². The fourth-order valence-electron chi connectivity index (χ4n) is 2.49. The second-order valence-electron chi connectivity index (χ2n) is 5.36. The van der Waals surface area contributed by atoms with Crippen molar-refractivity contribution in [3.8, 4) is 0 Å². The second kappa shape index (κ2) is 5.85. The Bertz CT molecular complexity index is 681. The molecule has 0 aromatic heterocycles. The molecule has 1 aliphatic heterocycles. The molecule has 1 atom stereocenters. The number of nitrogens with one attached hydrogen (secondary N) is 1. The second-order valence-corrected chi connectivity index (χ2v) is 7.58. The number of carboxylic acid groups (broad SMARTS) is 1. The molecular formula is C14H17NO5S. The number of aryl methyl sites for hydroxylation is 1. The number of rotatable bonds is 4. The lowest BCUT2D eigenvalue weighted by Gasteiger charge is -2.10. The first-order valence-electron chi connectivity index (χ1n) is 6.61. The number of carboxylic acids is 1. The lowest BCUT2D eigenvalue weighted by molar-refractivity contribution is -0.116. The SMILES string of the molecule is Cc1cc(NC(=O)CC2CCS(=O)(=O)C2)ccc1C(=O)O. The molecule has 0 saturated carbocycles. The molecule has 0 radical (unpaired) electrons. The van der Waals surface area contributed by atoms with Crippen molar-refractivity contribution in [3.05, 3.63) is 29.3 Å². The summed E-state index contributed by atoms with van der Waals surface area (Å²) in [6, 6.07) is 4.56. The Morgan fingerprint density at radius 3 is 2.62 bits per heavy atom. The molecule has 0 bridgehead atoms. The van der Waals surface area contributed by atoms with E-state index in [9.17, 15) is 18.0 Å². The molecule has 1 aromatic carbocycles. The molecule has 1 heterocycles. The number of sulfone groups is 1. The summed E-state index contributed by atoms with van der Waals surface area (Å²) in [6.45, 7) is 1.66. The number of carbonyl (C=O) groups is 2. The molecular weight excluding hydrogens is 294 g/mol. The lowest BCUT2D eigenvalue weighted by atomic mass is 10.0. The van der Waals surface area contributed by atoms with Crippen molar-refractivity contribution in [2.24, 2.45) is 5.92 Å². The Hall–Kier alpha value is -1.89. The molecule has 1 aliphatic rings. The Labute approximate surface area is 123 Å². The Morgan fingerprint density at radius 1 is 1.38 bits per heavy atom. The molecule has 21 heavy (non-hydrogen) atoms. The highest BCUT2D eigenvalue weighted by Crippen LogP contribution is 2.22. The Balaban J connectivity index is 1.97. The fourth-order valence-corrected chi connectivity index (χ4v) is 4.35. The maximum atomic E-state index is 11.9. The van der Waals surface area contributed by atoms with Crippen molar-refractivity contribution in [2.75, 3.05) is 16.8 Å². The van der Waals surface area contributed by atoms with Crippen LogP contribution in [-0.2, 0) is 14.6 Å². The normalized spacial score (nSPS) is 20.1. The molecule has 2 N–H and O–H groups in total. The van der Waals surface area contributed by atoms with Crippen molar-refractivity contribution in [1.82, 2.24) is 0 Å². The third kappa shape index (κ3) is 4.04. The summed E-state index contributed by atoms with van der Waals surface area (Å²) < 4.78 is 22.7. The number of hydrogen-bond acceptors (Lipinski definition) is 4. The van der Waals surface area contributed by atoms with Gasteiger partial charge in [0.15, 0.2) is 9.84 Å². The van der Waals surface area contributed by atoms with Gasteiger partial charge in [-0.2, -0.15) is 0 Å². The quantitative estimate of drug-likeness (QED) is 0.876. The Kier molecular flexibility index (Phi) is 4.32. The van der Waals surface area contributed by atoms with Crippen molar-refractivity contribution in [1.29, 1.82) is 0 Å². The van der Waals surface area contributed by atoms with Gasteiger partial charge in [-0.05, 0) is 43.0 Å². The van der Waals surface area contributed by atoms with Crippen LogP contribution in [0, 0.1) is 12.8 Å².